The summed E-state index contributed by atoms with van der Waals surface area (Å²) in [5.74, 6) is -1.22. The van der Waals surface area contributed by atoms with Crippen LogP contribution in [-0.4, -0.2) is 24.7 Å². The van der Waals surface area contributed by atoms with Gasteiger partial charge in [-0.05, 0) is 52.7 Å². The number of rotatable bonds is 6. The highest BCUT2D eigenvalue weighted by atomic mass is 19.1. The molecule has 0 radical (unpaired) electrons. The molecule has 0 aliphatic carbocycles. The van der Waals surface area contributed by atoms with Gasteiger partial charge in [0.05, 0.1) is 13.2 Å². The lowest BCUT2D eigenvalue weighted by molar-refractivity contribution is -0.116. The standard InChI is InChI=1S/C22H19F2NO3/c1-28-19-8-5-14-2-3-16(10-17(14)11-19)21(26)13-25-22(27)9-6-15-4-7-18(23)12-20(15)24/h2-12,21,26H,13H2,1H3,(H,25,27). The molecule has 0 spiro atoms. The van der Waals surface area contributed by atoms with E-state index in [0.29, 0.717) is 11.3 Å². The molecule has 1 amide bonds. The average Bonchev–Trinajstić information content (AvgIpc) is 2.70. The van der Waals surface area contributed by atoms with Crippen LogP contribution >= 0.6 is 0 Å². The molecule has 0 heterocycles. The summed E-state index contributed by atoms with van der Waals surface area (Å²) in [5, 5.41) is 14.8. The van der Waals surface area contributed by atoms with Crippen molar-refractivity contribution in [3.63, 3.8) is 0 Å². The van der Waals surface area contributed by atoms with Gasteiger partial charge in [-0.2, -0.15) is 0 Å². The second kappa shape index (κ2) is 8.63. The monoisotopic (exact) mass is 383 g/mol. The first-order chi connectivity index (χ1) is 13.5. The lowest BCUT2D eigenvalue weighted by Crippen LogP contribution is -2.26. The summed E-state index contributed by atoms with van der Waals surface area (Å²) < 4.78 is 31.6. The molecule has 144 valence electrons. The van der Waals surface area contributed by atoms with Crippen molar-refractivity contribution in [3.05, 3.63) is 83.4 Å². The van der Waals surface area contributed by atoms with Crippen LogP contribution in [0.1, 0.15) is 17.2 Å². The van der Waals surface area contributed by atoms with E-state index in [-0.39, 0.29) is 12.1 Å². The van der Waals surface area contributed by atoms with Crippen LogP contribution in [0.3, 0.4) is 0 Å². The van der Waals surface area contributed by atoms with Crippen LogP contribution in [-0.2, 0) is 4.79 Å². The highest BCUT2D eigenvalue weighted by molar-refractivity contribution is 5.91. The Balaban J connectivity index is 1.62. The fourth-order valence-electron chi connectivity index (χ4n) is 2.75. The van der Waals surface area contributed by atoms with Crippen LogP contribution in [0.4, 0.5) is 8.78 Å². The van der Waals surface area contributed by atoms with Crippen molar-refractivity contribution >= 4 is 22.8 Å². The minimum Gasteiger partial charge on any atom is -0.497 e. The molecule has 28 heavy (non-hydrogen) atoms. The van der Waals surface area contributed by atoms with Crippen molar-refractivity contribution in [2.45, 2.75) is 6.10 Å². The van der Waals surface area contributed by atoms with Crippen molar-refractivity contribution in [3.8, 4) is 5.75 Å². The van der Waals surface area contributed by atoms with E-state index in [4.69, 9.17) is 4.74 Å². The number of aliphatic hydroxyl groups is 1. The van der Waals surface area contributed by atoms with Crippen LogP contribution in [0.15, 0.2) is 60.7 Å². The summed E-state index contributed by atoms with van der Waals surface area (Å²) in [6, 6.07) is 14.2. The van der Waals surface area contributed by atoms with Crippen LogP contribution in [0.2, 0.25) is 0 Å². The zero-order valence-electron chi connectivity index (χ0n) is 15.2. The van der Waals surface area contributed by atoms with Gasteiger partial charge in [0.15, 0.2) is 0 Å². The normalized spacial score (nSPS) is 12.3. The predicted molar refractivity (Wildman–Crippen MR) is 104 cm³/mol. The van der Waals surface area contributed by atoms with E-state index >= 15 is 0 Å². The molecule has 0 saturated carbocycles. The van der Waals surface area contributed by atoms with Gasteiger partial charge >= 0.3 is 0 Å². The van der Waals surface area contributed by atoms with Gasteiger partial charge in [0, 0.05) is 24.3 Å². The number of carbonyl (C=O) groups excluding carboxylic acids is 1. The number of carbonyl (C=O) groups is 1. The molecule has 0 aliphatic heterocycles. The Morgan fingerprint density at radius 3 is 2.64 bits per heavy atom. The molecule has 3 aromatic rings. The lowest BCUT2D eigenvalue weighted by atomic mass is 10.0. The molecule has 3 aromatic carbocycles. The zero-order chi connectivity index (χ0) is 20.1. The first kappa shape index (κ1) is 19.5. The summed E-state index contributed by atoms with van der Waals surface area (Å²) >= 11 is 0. The molecule has 6 heteroatoms. The molecule has 1 unspecified atom stereocenters. The van der Waals surface area contributed by atoms with Crippen LogP contribution in [0.5, 0.6) is 5.75 Å². The Morgan fingerprint density at radius 2 is 1.89 bits per heavy atom. The van der Waals surface area contributed by atoms with Crippen LogP contribution < -0.4 is 10.1 Å². The van der Waals surface area contributed by atoms with E-state index in [2.05, 4.69) is 5.32 Å². The van der Waals surface area contributed by atoms with Crippen molar-refractivity contribution < 1.29 is 23.4 Å². The summed E-state index contributed by atoms with van der Waals surface area (Å²) in [6.07, 6.45) is 1.48. The fourth-order valence-corrected chi connectivity index (χ4v) is 2.75. The van der Waals surface area contributed by atoms with E-state index in [1.807, 2.05) is 30.3 Å². The zero-order valence-corrected chi connectivity index (χ0v) is 15.2. The molecular formula is C22H19F2NO3. The number of amides is 1. The van der Waals surface area contributed by atoms with Crippen LogP contribution in [0.25, 0.3) is 16.8 Å². The highest BCUT2D eigenvalue weighted by Gasteiger charge is 2.10. The summed E-state index contributed by atoms with van der Waals surface area (Å²) in [4.78, 5) is 11.9. The van der Waals surface area contributed by atoms with E-state index in [1.54, 1.807) is 13.2 Å². The van der Waals surface area contributed by atoms with E-state index in [1.165, 1.54) is 12.1 Å². The van der Waals surface area contributed by atoms with Gasteiger partial charge < -0.3 is 15.2 Å². The SMILES string of the molecule is COc1ccc2ccc(C(O)CNC(=O)C=Cc3ccc(F)cc3F)cc2c1. The number of halogens is 2. The van der Waals surface area contributed by atoms with Gasteiger partial charge in [0.1, 0.15) is 17.4 Å². The Labute approximate surface area is 161 Å². The van der Waals surface area contributed by atoms with Crippen molar-refractivity contribution in [1.29, 1.82) is 0 Å². The number of methoxy groups -OCH3 is 1. The van der Waals surface area contributed by atoms with Crippen molar-refractivity contribution in [2.75, 3.05) is 13.7 Å². The summed E-state index contributed by atoms with van der Waals surface area (Å²) in [6.45, 7) is -0.00938. The van der Waals surface area contributed by atoms with Gasteiger partial charge in [-0.3, -0.25) is 4.79 Å². The van der Waals surface area contributed by atoms with Gasteiger partial charge in [-0.15, -0.1) is 0 Å². The first-order valence-electron chi connectivity index (χ1n) is 8.63. The minimum atomic E-state index is -0.907. The maximum atomic E-state index is 13.5. The number of benzene rings is 3. The van der Waals surface area contributed by atoms with Crippen LogP contribution in [0, 0.1) is 11.6 Å². The van der Waals surface area contributed by atoms with Gasteiger partial charge in [-0.1, -0.05) is 18.2 Å². The Kier molecular flexibility index (Phi) is 6.01. The summed E-state index contributed by atoms with van der Waals surface area (Å²) in [7, 11) is 1.58. The molecule has 0 bridgehead atoms. The molecule has 0 aliphatic rings. The average molecular weight is 383 g/mol. The number of hydrogen-bond donors (Lipinski definition) is 2. The maximum Gasteiger partial charge on any atom is 0.244 e. The second-order valence-electron chi connectivity index (χ2n) is 6.23. The molecule has 0 fully saturated rings. The maximum absolute atomic E-state index is 13.5. The topological polar surface area (TPSA) is 58.6 Å². The fraction of sp³-hybridized carbons (Fsp3) is 0.136. The van der Waals surface area contributed by atoms with Gasteiger partial charge in [-0.25, -0.2) is 8.78 Å². The molecule has 1 atom stereocenters. The highest BCUT2D eigenvalue weighted by Crippen LogP contribution is 2.24. The quantitative estimate of drug-likeness (QED) is 0.633. The molecule has 3 rings (SSSR count). The molecule has 0 saturated heterocycles. The Hall–Kier alpha value is -3.25. The van der Waals surface area contributed by atoms with Crippen molar-refractivity contribution in [1.82, 2.24) is 5.32 Å². The summed E-state index contributed by atoms with van der Waals surface area (Å²) in [5.41, 5.74) is 0.746. The Bertz CT molecular complexity index is 1030. The van der Waals surface area contributed by atoms with Crippen molar-refractivity contribution in [2.24, 2.45) is 0 Å². The van der Waals surface area contributed by atoms with E-state index in [0.717, 1.165) is 29.0 Å². The third kappa shape index (κ3) is 4.72. The molecular weight excluding hydrogens is 364 g/mol. The minimum absolute atomic E-state index is 0.00938. The third-order valence-electron chi connectivity index (χ3n) is 4.30. The smallest absolute Gasteiger partial charge is 0.244 e. The molecule has 4 nitrogen and oxygen atoms in total. The molecule has 2 N–H and O–H groups in total. The van der Waals surface area contributed by atoms with Gasteiger partial charge in [0.25, 0.3) is 0 Å². The third-order valence-corrected chi connectivity index (χ3v) is 4.30. The van der Waals surface area contributed by atoms with E-state index < -0.39 is 23.6 Å². The van der Waals surface area contributed by atoms with Gasteiger partial charge in [0.2, 0.25) is 5.91 Å². The number of aliphatic hydroxyl groups excluding tert-OH is 1. The Morgan fingerprint density at radius 1 is 1.11 bits per heavy atom. The lowest BCUT2D eigenvalue weighted by Gasteiger charge is -2.13. The number of nitrogens with one attached hydrogen (secondary N) is 1. The second-order valence-corrected chi connectivity index (χ2v) is 6.23. The first-order valence-corrected chi connectivity index (χ1v) is 8.63. The largest absolute Gasteiger partial charge is 0.497 e. The number of ether oxygens (including phenoxy) is 1. The predicted octanol–water partition coefficient (Wildman–Crippen LogP) is 3.99. The van der Waals surface area contributed by atoms with E-state index in [9.17, 15) is 18.7 Å². The number of fused-ring (bicyclic) bond motifs is 1. The molecule has 0 aromatic heterocycles. The number of hydrogen-bond acceptors (Lipinski definition) is 3.